The summed E-state index contributed by atoms with van der Waals surface area (Å²) in [6, 6.07) is 9.83. The van der Waals surface area contributed by atoms with Gasteiger partial charge in [0.1, 0.15) is 5.82 Å². The zero-order valence-electron chi connectivity index (χ0n) is 16.1. The summed E-state index contributed by atoms with van der Waals surface area (Å²) in [5.41, 5.74) is 4.70. The van der Waals surface area contributed by atoms with Gasteiger partial charge in [0.05, 0.1) is 0 Å². The van der Waals surface area contributed by atoms with E-state index in [4.69, 9.17) is 0 Å². The molecule has 136 valence electrons. The Kier molecular flexibility index (Phi) is 7.49. The first-order chi connectivity index (χ1) is 11.9. The van der Waals surface area contributed by atoms with Crippen LogP contribution in [0.25, 0.3) is 0 Å². The first kappa shape index (κ1) is 20.0. The van der Waals surface area contributed by atoms with Crippen molar-refractivity contribution < 1.29 is 4.39 Å². The average Bonchev–Trinajstić information content (AvgIpc) is 2.64. The Bertz CT molecular complexity index is 685. The predicted octanol–water partition coefficient (Wildman–Crippen LogP) is 6.89. The van der Waals surface area contributed by atoms with E-state index in [0.29, 0.717) is 17.1 Å². The summed E-state index contributed by atoms with van der Waals surface area (Å²) in [5.74, 6) is 0.655. The van der Waals surface area contributed by atoms with Crippen molar-refractivity contribution >= 4 is 11.8 Å². The lowest BCUT2D eigenvalue weighted by Gasteiger charge is -2.18. The van der Waals surface area contributed by atoms with Gasteiger partial charge in [0.25, 0.3) is 0 Å². The van der Waals surface area contributed by atoms with Gasteiger partial charge >= 0.3 is 0 Å². The molecule has 2 rings (SSSR count). The maximum atomic E-state index is 13.8. The molecule has 0 radical (unpaired) electrons. The van der Waals surface area contributed by atoms with Crippen LogP contribution >= 0.6 is 11.8 Å². The van der Waals surface area contributed by atoms with Gasteiger partial charge in [-0.3, -0.25) is 4.98 Å². The highest BCUT2D eigenvalue weighted by Gasteiger charge is 2.14. The highest BCUT2D eigenvalue weighted by Crippen LogP contribution is 2.30. The van der Waals surface area contributed by atoms with E-state index in [1.165, 1.54) is 11.3 Å². The molecule has 0 aliphatic rings. The lowest BCUT2D eigenvalue weighted by Crippen LogP contribution is -2.03. The molecule has 1 aromatic carbocycles. The molecule has 0 N–H and O–H groups in total. The maximum absolute atomic E-state index is 13.8. The quantitative estimate of drug-likeness (QED) is 0.509. The minimum atomic E-state index is -0.116. The molecule has 3 heteroatoms. The average molecular weight is 360 g/mol. The first-order valence-corrected chi connectivity index (χ1v) is 10.5. The molecule has 0 bridgehead atoms. The van der Waals surface area contributed by atoms with E-state index in [1.807, 2.05) is 18.0 Å². The predicted molar refractivity (Wildman–Crippen MR) is 108 cm³/mol. The maximum Gasteiger partial charge on any atom is 0.123 e. The third-order valence-corrected chi connectivity index (χ3v) is 6.10. The van der Waals surface area contributed by atoms with Crippen molar-refractivity contribution in [1.82, 2.24) is 4.98 Å². The smallest absolute Gasteiger partial charge is 0.123 e. The number of thioether (sulfide) groups is 1. The number of aryl methyl sites for hydroxylation is 1. The third-order valence-electron chi connectivity index (χ3n) is 5.12. The molecule has 2 aromatic rings. The van der Waals surface area contributed by atoms with Crippen molar-refractivity contribution in [3.63, 3.8) is 0 Å². The zero-order valence-corrected chi connectivity index (χ0v) is 16.9. The van der Waals surface area contributed by atoms with Crippen LogP contribution in [0.4, 0.5) is 4.39 Å². The van der Waals surface area contributed by atoms with Gasteiger partial charge in [-0.15, -0.1) is 0 Å². The standard InChI is InChI=1S/C22H30FNS/c1-6-18-11-20(13-21(23)12-18)15(2)7-8-16(3)22-14-19(9-10-24-22)17(4)25-5/h9-17H,6-8H2,1-5H3. The fourth-order valence-electron chi connectivity index (χ4n) is 3.10. The molecule has 3 unspecified atom stereocenters. The Balaban J connectivity index is 2.02. The van der Waals surface area contributed by atoms with Gasteiger partial charge in [0.15, 0.2) is 0 Å². The number of rotatable bonds is 8. The van der Waals surface area contributed by atoms with Crippen molar-refractivity contribution in [2.45, 2.75) is 64.0 Å². The lowest BCUT2D eigenvalue weighted by atomic mass is 9.89. The van der Waals surface area contributed by atoms with Crippen LogP contribution in [0.2, 0.25) is 0 Å². The lowest BCUT2D eigenvalue weighted by molar-refractivity contribution is 0.559. The third kappa shape index (κ3) is 5.57. The highest BCUT2D eigenvalue weighted by molar-refractivity contribution is 7.98. The number of pyridine rings is 1. The van der Waals surface area contributed by atoms with Crippen molar-refractivity contribution in [2.75, 3.05) is 6.26 Å². The second-order valence-corrected chi connectivity index (χ2v) is 8.20. The summed E-state index contributed by atoms with van der Waals surface area (Å²) in [7, 11) is 0. The molecule has 0 saturated heterocycles. The Morgan fingerprint density at radius 1 is 1.00 bits per heavy atom. The monoisotopic (exact) mass is 359 g/mol. The molecule has 0 amide bonds. The van der Waals surface area contributed by atoms with Crippen LogP contribution in [0.3, 0.4) is 0 Å². The summed E-state index contributed by atoms with van der Waals surface area (Å²) in [5, 5.41) is 0.493. The summed E-state index contributed by atoms with van der Waals surface area (Å²) in [6.07, 6.45) is 7.04. The van der Waals surface area contributed by atoms with Gasteiger partial charge in [0.2, 0.25) is 0 Å². The van der Waals surface area contributed by atoms with Crippen LogP contribution in [0.5, 0.6) is 0 Å². The molecule has 1 nitrogen and oxygen atoms in total. The molecule has 0 spiro atoms. The topological polar surface area (TPSA) is 12.9 Å². The molecular weight excluding hydrogens is 329 g/mol. The number of benzene rings is 1. The van der Waals surface area contributed by atoms with Crippen molar-refractivity contribution in [3.05, 3.63) is 64.7 Å². The summed E-state index contributed by atoms with van der Waals surface area (Å²) >= 11 is 1.86. The number of nitrogens with zero attached hydrogens (tertiary/aromatic N) is 1. The molecule has 1 aromatic heterocycles. The molecular formula is C22H30FNS. The Labute approximate surface area is 156 Å². The Hall–Kier alpha value is -1.35. The Morgan fingerprint density at radius 3 is 2.40 bits per heavy atom. The second kappa shape index (κ2) is 9.38. The normalized spacial score (nSPS) is 15.0. The molecule has 3 atom stereocenters. The van der Waals surface area contributed by atoms with Crippen molar-refractivity contribution in [1.29, 1.82) is 0 Å². The minimum Gasteiger partial charge on any atom is -0.261 e. The van der Waals surface area contributed by atoms with Gasteiger partial charge in [0, 0.05) is 17.1 Å². The molecule has 0 saturated carbocycles. The van der Waals surface area contributed by atoms with Crippen LogP contribution < -0.4 is 0 Å². The van der Waals surface area contributed by atoms with E-state index >= 15 is 0 Å². The van der Waals surface area contributed by atoms with E-state index in [9.17, 15) is 4.39 Å². The van der Waals surface area contributed by atoms with Gasteiger partial charge in [-0.2, -0.15) is 11.8 Å². The molecule has 0 fully saturated rings. The van der Waals surface area contributed by atoms with Crippen LogP contribution in [0, 0.1) is 5.82 Å². The van der Waals surface area contributed by atoms with Crippen molar-refractivity contribution in [2.24, 2.45) is 0 Å². The highest BCUT2D eigenvalue weighted by atomic mass is 32.2. The number of hydrogen-bond donors (Lipinski definition) is 0. The molecule has 0 aliphatic heterocycles. The van der Waals surface area contributed by atoms with Crippen LogP contribution in [-0.2, 0) is 6.42 Å². The van der Waals surface area contributed by atoms with E-state index < -0.39 is 0 Å². The van der Waals surface area contributed by atoms with Gasteiger partial charge < -0.3 is 0 Å². The van der Waals surface area contributed by atoms with E-state index in [1.54, 1.807) is 12.1 Å². The van der Waals surface area contributed by atoms with E-state index in [2.05, 4.69) is 57.1 Å². The van der Waals surface area contributed by atoms with Crippen LogP contribution in [0.1, 0.15) is 80.0 Å². The fourth-order valence-corrected chi connectivity index (χ4v) is 3.52. The molecule has 0 aliphatic carbocycles. The summed E-state index contributed by atoms with van der Waals surface area (Å²) < 4.78 is 13.8. The largest absolute Gasteiger partial charge is 0.261 e. The van der Waals surface area contributed by atoms with Gasteiger partial charge in [-0.05, 0) is 85.2 Å². The zero-order chi connectivity index (χ0) is 18.4. The SMILES string of the molecule is CCc1cc(F)cc(C(C)CCC(C)c2cc(C(C)SC)ccn2)c1. The van der Waals surface area contributed by atoms with E-state index in [-0.39, 0.29) is 5.82 Å². The second-order valence-electron chi connectivity index (χ2n) is 7.02. The molecule has 25 heavy (non-hydrogen) atoms. The summed E-state index contributed by atoms with van der Waals surface area (Å²) in [4.78, 5) is 4.58. The summed E-state index contributed by atoms with van der Waals surface area (Å²) in [6.45, 7) is 8.73. The van der Waals surface area contributed by atoms with Gasteiger partial charge in [-0.1, -0.05) is 26.8 Å². The molecule has 1 heterocycles. The number of hydrogen-bond acceptors (Lipinski definition) is 2. The Morgan fingerprint density at radius 2 is 1.72 bits per heavy atom. The fraction of sp³-hybridized carbons (Fsp3) is 0.500. The minimum absolute atomic E-state index is 0.116. The van der Waals surface area contributed by atoms with Crippen molar-refractivity contribution in [3.8, 4) is 0 Å². The number of halogens is 1. The van der Waals surface area contributed by atoms with Gasteiger partial charge in [-0.25, -0.2) is 4.39 Å². The van der Waals surface area contributed by atoms with Crippen LogP contribution in [-0.4, -0.2) is 11.2 Å². The number of aromatic nitrogens is 1. The van der Waals surface area contributed by atoms with E-state index in [0.717, 1.165) is 30.4 Å². The van der Waals surface area contributed by atoms with Crippen LogP contribution in [0.15, 0.2) is 36.5 Å². The first-order valence-electron chi connectivity index (χ1n) is 9.22.